The van der Waals surface area contributed by atoms with Crippen molar-refractivity contribution >= 4 is 35.4 Å². The zero-order valence-corrected chi connectivity index (χ0v) is 42.6. The van der Waals surface area contributed by atoms with Crippen molar-refractivity contribution in [3.05, 3.63) is 70.8 Å². The fraction of sp³-hybridized carbons (Fsp3) is 0.593. The van der Waals surface area contributed by atoms with Gasteiger partial charge in [-0.1, -0.05) is 102 Å². The highest BCUT2D eigenvalue weighted by atomic mass is 16.5. The number of carbonyl (C=O) groups excluding carboxylic acids is 6. The molecule has 2 aromatic carbocycles. The SMILES string of the molecule is CN[C@@H](C)C(=O)N[C@H](C(=O)N1CCC[C@H]1C(=O)N[C@H]1c2ccccc2C[C@H]1OCC#CC#CCO[C@@H]1Cc2ccccc2[C@@H]1NC(=O)[C@@H]1CCCN1C(=O)[C@@H](NC(=O)[C@H](C)NC)C(C)(C)C)C(C)(C)C. The highest BCUT2D eigenvalue weighted by Gasteiger charge is 2.46. The van der Waals surface area contributed by atoms with Crippen molar-refractivity contribution in [1.29, 1.82) is 0 Å². The lowest BCUT2D eigenvalue weighted by Crippen LogP contribution is -2.59. The van der Waals surface area contributed by atoms with Crippen molar-refractivity contribution in [2.45, 2.75) is 154 Å². The first-order valence-electron chi connectivity index (χ1n) is 24.8. The highest BCUT2D eigenvalue weighted by Crippen LogP contribution is 2.36. The Hall–Kier alpha value is -5.78. The molecule has 2 aliphatic heterocycles. The van der Waals surface area contributed by atoms with Crippen LogP contribution in [0.3, 0.4) is 0 Å². The van der Waals surface area contributed by atoms with Crippen LogP contribution in [-0.4, -0.2) is 134 Å². The summed E-state index contributed by atoms with van der Waals surface area (Å²) >= 11 is 0. The van der Waals surface area contributed by atoms with Crippen LogP contribution < -0.4 is 31.9 Å². The van der Waals surface area contributed by atoms with E-state index >= 15 is 0 Å². The second kappa shape index (κ2) is 23.4. The Balaban J connectivity index is 1.05. The molecule has 10 atom stereocenters. The van der Waals surface area contributed by atoms with E-state index in [1.165, 1.54) is 0 Å². The van der Waals surface area contributed by atoms with Crippen LogP contribution in [-0.2, 0) is 51.1 Å². The second-order valence-electron chi connectivity index (χ2n) is 21.1. The van der Waals surface area contributed by atoms with Crippen LogP contribution in [0.1, 0.15) is 115 Å². The topological polar surface area (TPSA) is 200 Å². The van der Waals surface area contributed by atoms with Gasteiger partial charge >= 0.3 is 0 Å². The fourth-order valence-electron chi connectivity index (χ4n) is 9.76. The molecular formula is C54H74N8O8. The summed E-state index contributed by atoms with van der Waals surface area (Å²) in [4.78, 5) is 85.2. The van der Waals surface area contributed by atoms with Crippen molar-refractivity contribution in [2.75, 3.05) is 40.4 Å². The number of carbonyl (C=O) groups is 6. The second-order valence-corrected chi connectivity index (χ2v) is 21.1. The van der Waals surface area contributed by atoms with Gasteiger partial charge in [-0.05, 0) is 98.6 Å². The highest BCUT2D eigenvalue weighted by molar-refractivity contribution is 5.95. The first-order chi connectivity index (χ1) is 33.2. The molecule has 4 aliphatic rings. The van der Waals surface area contributed by atoms with Crippen LogP contribution in [0.15, 0.2) is 48.5 Å². The Morgan fingerprint density at radius 1 is 0.614 bits per heavy atom. The largest absolute Gasteiger partial charge is 0.363 e. The van der Waals surface area contributed by atoms with E-state index in [0.29, 0.717) is 51.6 Å². The molecule has 0 unspecified atom stereocenters. The quantitative estimate of drug-likeness (QED) is 0.136. The van der Waals surface area contributed by atoms with Gasteiger partial charge in [-0.3, -0.25) is 28.8 Å². The van der Waals surface area contributed by atoms with E-state index < -0.39 is 71.4 Å². The molecule has 378 valence electrons. The molecule has 6 N–H and O–H groups in total. The summed E-state index contributed by atoms with van der Waals surface area (Å²) in [6.45, 7) is 15.8. The van der Waals surface area contributed by atoms with Gasteiger partial charge in [-0.2, -0.15) is 0 Å². The normalized spacial score (nSPS) is 23.3. The number of hydrogen-bond donors (Lipinski definition) is 6. The van der Waals surface area contributed by atoms with Crippen LogP contribution in [0.25, 0.3) is 0 Å². The molecular weight excluding hydrogens is 889 g/mol. The van der Waals surface area contributed by atoms with Crippen LogP contribution >= 0.6 is 0 Å². The maximum Gasteiger partial charge on any atom is 0.246 e. The van der Waals surface area contributed by atoms with E-state index in [9.17, 15) is 28.8 Å². The summed E-state index contributed by atoms with van der Waals surface area (Å²) < 4.78 is 12.6. The predicted molar refractivity (Wildman–Crippen MR) is 266 cm³/mol. The number of ether oxygens (including phenoxy) is 2. The van der Waals surface area contributed by atoms with Crippen LogP contribution in [0, 0.1) is 34.5 Å². The number of amides is 6. The van der Waals surface area contributed by atoms with Crippen LogP contribution in [0.2, 0.25) is 0 Å². The number of likely N-dealkylation sites (N-methyl/N-ethyl adjacent to an activating group) is 2. The Bertz CT molecular complexity index is 2210. The van der Waals surface area contributed by atoms with Gasteiger partial charge in [-0.15, -0.1) is 0 Å². The maximum atomic E-state index is 14.1. The number of nitrogens with one attached hydrogen (secondary N) is 6. The average molecular weight is 963 g/mol. The van der Waals surface area contributed by atoms with Crippen LogP contribution in [0.5, 0.6) is 0 Å². The summed E-state index contributed by atoms with van der Waals surface area (Å²) in [6.07, 6.45) is 2.68. The molecule has 2 aliphatic carbocycles. The van der Waals surface area contributed by atoms with Crippen molar-refractivity contribution in [3.63, 3.8) is 0 Å². The monoisotopic (exact) mass is 963 g/mol. The smallest absolute Gasteiger partial charge is 0.246 e. The Labute approximate surface area is 414 Å². The number of hydrogen-bond acceptors (Lipinski definition) is 10. The summed E-state index contributed by atoms with van der Waals surface area (Å²) in [5, 5.41) is 18.1. The minimum Gasteiger partial charge on any atom is -0.363 e. The van der Waals surface area contributed by atoms with E-state index in [1.807, 2.05) is 90.1 Å². The first kappa shape index (κ1) is 53.6. The third kappa shape index (κ3) is 12.8. The van der Waals surface area contributed by atoms with Gasteiger partial charge in [0.15, 0.2) is 0 Å². The minimum absolute atomic E-state index is 0.0667. The van der Waals surface area contributed by atoms with Gasteiger partial charge in [0.05, 0.1) is 36.4 Å². The first-order valence-corrected chi connectivity index (χ1v) is 24.8. The minimum atomic E-state index is -0.818. The van der Waals surface area contributed by atoms with Gasteiger partial charge in [0, 0.05) is 25.9 Å². The molecule has 2 heterocycles. The van der Waals surface area contributed by atoms with Gasteiger partial charge in [0.2, 0.25) is 35.4 Å². The maximum absolute atomic E-state index is 14.1. The molecule has 16 nitrogen and oxygen atoms in total. The summed E-state index contributed by atoms with van der Waals surface area (Å²) in [5.41, 5.74) is 2.84. The van der Waals surface area contributed by atoms with Crippen molar-refractivity contribution in [2.24, 2.45) is 10.8 Å². The molecule has 0 spiro atoms. The Morgan fingerprint density at radius 2 is 0.986 bits per heavy atom. The van der Waals surface area contributed by atoms with E-state index in [2.05, 4.69) is 55.6 Å². The standard InChI is InChI=1S/C54H74N8O8/c1-33(55-9)47(63)59-45(53(3,4)5)51(67)61-27-19-25-39(61)49(65)57-43-37-23-15-13-21-35(37)31-41(43)69-29-17-11-12-18-30-70-42-32-36-22-14-16-24-38(36)44(42)58-50(66)40-26-20-28-62(40)52(68)46(54(6,7)8)60-48(64)34(2)56-10/h13-16,21-24,33-34,39-46,55-56H,19-20,25-32H2,1-10H3,(H,57,65)(H,58,66)(H,59,63)(H,60,64)/t33-,34-,39-,40-,41+,42+,43-,44-,45+,46+/m0/s1. The van der Waals surface area contributed by atoms with Crippen molar-refractivity contribution in [1.82, 2.24) is 41.7 Å². The van der Waals surface area contributed by atoms with E-state index in [1.54, 1.807) is 37.7 Å². The molecule has 0 aromatic heterocycles. The lowest BCUT2D eigenvalue weighted by molar-refractivity contribution is -0.144. The summed E-state index contributed by atoms with van der Waals surface area (Å²) in [5.74, 6) is 10.0. The van der Waals surface area contributed by atoms with Gasteiger partial charge in [-0.25, -0.2) is 0 Å². The number of rotatable bonds is 16. The van der Waals surface area contributed by atoms with Crippen LogP contribution in [0.4, 0.5) is 0 Å². The van der Waals surface area contributed by atoms with Crippen molar-refractivity contribution < 1.29 is 38.2 Å². The molecule has 0 saturated carbocycles. The molecule has 0 radical (unpaired) electrons. The van der Waals surface area contributed by atoms with Crippen molar-refractivity contribution in [3.8, 4) is 23.7 Å². The molecule has 2 fully saturated rings. The number of fused-ring (bicyclic) bond motifs is 2. The number of nitrogens with zero attached hydrogens (tertiary/aromatic N) is 2. The van der Waals surface area contributed by atoms with E-state index in [0.717, 1.165) is 22.3 Å². The fourth-order valence-corrected chi connectivity index (χ4v) is 9.76. The van der Waals surface area contributed by atoms with Gasteiger partial charge < -0.3 is 51.2 Å². The lowest BCUT2D eigenvalue weighted by Gasteiger charge is -2.36. The summed E-state index contributed by atoms with van der Waals surface area (Å²) in [6, 6.07) is 10.8. The molecule has 6 amide bonds. The zero-order chi connectivity index (χ0) is 50.9. The third-order valence-electron chi connectivity index (χ3n) is 14.1. The molecule has 70 heavy (non-hydrogen) atoms. The molecule has 2 aromatic rings. The summed E-state index contributed by atoms with van der Waals surface area (Å²) in [7, 11) is 3.37. The molecule has 16 heteroatoms. The molecule has 2 saturated heterocycles. The molecule has 6 rings (SSSR count). The number of benzene rings is 2. The van der Waals surface area contributed by atoms with Gasteiger partial charge in [0.1, 0.15) is 37.4 Å². The lowest BCUT2D eigenvalue weighted by atomic mass is 9.85. The molecule has 0 bridgehead atoms. The number of likely N-dealkylation sites (tertiary alicyclic amines) is 2. The Morgan fingerprint density at radius 3 is 1.34 bits per heavy atom. The van der Waals surface area contributed by atoms with E-state index in [4.69, 9.17) is 9.47 Å². The Kier molecular flexibility index (Phi) is 17.9. The predicted octanol–water partition coefficient (Wildman–Crippen LogP) is 2.85. The van der Waals surface area contributed by atoms with E-state index in [-0.39, 0.29) is 48.7 Å². The van der Waals surface area contributed by atoms with Gasteiger partial charge in [0.25, 0.3) is 0 Å². The third-order valence-corrected chi connectivity index (χ3v) is 14.1. The average Bonchev–Trinajstić information content (AvgIpc) is 4.15. The zero-order valence-electron chi connectivity index (χ0n) is 42.6.